The maximum absolute atomic E-state index is 11.0. The van der Waals surface area contributed by atoms with Crippen LogP contribution in [0, 0.1) is 6.92 Å². The van der Waals surface area contributed by atoms with Crippen LogP contribution >= 0.6 is 0 Å². The fraction of sp³-hybridized carbons (Fsp3) is 0.0455. The molecule has 0 unspecified atom stereocenters. The van der Waals surface area contributed by atoms with Gasteiger partial charge in [0.25, 0.3) is 0 Å². The first-order valence-corrected chi connectivity index (χ1v) is 8.08. The molecule has 3 aromatic carbocycles. The maximum Gasteiger partial charge on any atom is 0.335 e. The molecule has 1 radical (unpaired) electrons. The third kappa shape index (κ3) is 3.64. The number of rotatable bonds is 5. The molecule has 2 N–H and O–H groups in total. The molecule has 0 fully saturated rings. The van der Waals surface area contributed by atoms with E-state index in [1.165, 1.54) is 0 Å². The Bertz CT molecular complexity index is 879. The van der Waals surface area contributed by atoms with Gasteiger partial charge in [-0.1, -0.05) is 36.4 Å². The number of hydrogen-bond donors (Lipinski definition) is 2. The second-order valence-electron chi connectivity index (χ2n) is 5.93. The van der Waals surface area contributed by atoms with E-state index in [2.05, 4.69) is 6.92 Å². The minimum atomic E-state index is -0.956. The van der Waals surface area contributed by atoms with E-state index in [0.717, 1.165) is 27.8 Å². The van der Waals surface area contributed by atoms with Crippen molar-refractivity contribution in [2.75, 3.05) is 0 Å². The third-order valence-corrected chi connectivity index (χ3v) is 4.21. The molecule has 0 saturated heterocycles. The number of carboxylic acids is 2. The Kier molecular flexibility index (Phi) is 4.85. The first-order chi connectivity index (χ1) is 12.5. The van der Waals surface area contributed by atoms with E-state index in [9.17, 15) is 9.59 Å². The fourth-order valence-electron chi connectivity index (χ4n) is 2.78. The Balaban J connectivity index is 2.03. The summed E-state index contributed by atoms with van der Waals surface area (Å²) in [5, 5.41) is 18.1. The van der Waals surface area contributed by atoms with Gasteiger partial charge in [0.2, 0.25) is 0 Å². The highest BCUT2D eigenvalue weighted by atomic mass is 16.4. The Morgan fingerprint density at radius 2 is 1.04 bits per heavy atom. The van der Waals surface area contributed by atoms with Crippen LogP contribution < -0.4 is 0 Å². The molecule has 0 atom stereocenters. The van der Waals surface area contributed by atoms with Gasteiger partial charge in [-0.25, -0.2) is 9.59 Å². The molecule has 26 heavy (non-hydrogen) atoms. The van der Waals surface area contributed by atoms with E-state index >= 15 is 0 Å². The van der Waals surface area contributed by atoms with Crippen LogP contribution in [0.2, 0.25) is 0 Å². The van der Waals surface area contributed by atoms with Crippen LogP contribution in [-0.4, -0.2) is 22.2 Å². The van der Waals surface area contributed by atoms with Gasteiger partial charge in [0.05, 0.1) is 11.1 Å². The van der Waals surface area contributed by atoms with Crippen LogP contribution in [0.15, 0.2) is 66.7 Å². The molecule has 3 aromatic rings. The summed E-state index contributed by atoms with van der Waals surface area (Å²) in [5.74, 6) is -1.91. The average molecular weight is 345 g/mol. The molecule has 4 heteroatoms. The van der Waals surface area contributed by atoms with E-state index in [1.54, 1.807) is 48.5 Å². The SMILES string of the molecule is [CH2]Cc1cc(-c2ccc(C(=O)O)cc2)cc(-c2ccc(C(=O)O)cc2)c1. The highest BCUT2D eigenvalue weighted by molar-refractivity contribution is 5.89. The van der Waals surface area contributed by atoms with E-state index < -0.39 is 11.9 Å². The van der Waals surface area contributed by atoms with Crippen molar-refractivity contribution < 1.29 is 19.8 Å². The molecule has 0 heterocycles. The molecule has 129 valence electrons. The zero-order chi connectivity index (χ0) is 18.7. The van der Waals surface area contributed by atoms with Crippen molar-refractivity contribution in [2.24, 2.45) is 0 Å². The molecule has 3 rings (SSSR count). The van der Waals surface area contributed by atoms with Gasteiger partial charge in [-0.3, -0.25) is 0 Å². The number of hydrogen-bond acceptors (Lipinski definition) is 2. The summed E-state index contributed by atoms with van der Waals surface area (Å²) in [6.45, 7) is 3.94. The summed E-state index contributed by atoms with van der Waals surface area (Å²) < 4.78 is 0. The predicted octanol–water partition coefficient (Wildman–Crippen LogP) is 4.79. The molecule has 0 aliphatic rings. The average Bonchev–Trinajstić information content (AvgIpc) is 2.67. The maximum atomic E-state index is 11.0. The number of carbonyl (C=O) groups is 2. The van der Waals surface area contributed by atoms with Crippen molar-refractivity contribution in [3.8, 4) is 22.3 Å². The largest absolute Gasteiger partial charge is 0.478 e. The van der Waals surface area contributed by atoms with E-state index in [-0.39, 0.29) is 11.1 Å². The van der Waals surface area contributed by atoms with Gasteiger partial charge in [-0.15, -0.1) is 0 Å². The molecular weight excluding hydrogens is 328 g/mol. The lowest BCUT2D eigenvalue weighted by atomic mass is 9.94. The van der Waals surface area contributed by atoms with Gasteiger partial charge in [-0.05, 0) is 71.5 Å². The first kappa shape index (κ1) is 17.4. The lowest BCUT2D eigenvalue weighted by molar-refractivity contribution is 0.0686. The summed E-state index contributed by atoms with van der Waals surface area (Å²) in [5.41, 5.74) is 5.27. The van der Waals surface area contributed by atoms with Crippen LogP contribution in [0.5, 0.6) is 0 Å². The number of carboxylic acid groups (broad SMARTS) is 2. The van der Waals surface area contributed by atoms with Crippen LogP contribution in [0.25, 0.3) is 22.3 Å². The summed E-state index contributed by atoms with van der Waals surface area (Å²) in [6, 6.07) is 19.5. The zero-order valence-corrected chi connectivity index (χ0v) is 14.0. The van der Waals surface area contributed by atoms with Crippen LogP contribution in [0.1, 0.15) is 26.3 Å². The molecule has 0 aromatic heterocycles. The third-order valence-electron chi connectivity index (χ3n) is 4.21. The molecule has 4 nitrogen and oxygen atoms in total. The lowest BCUT2D eigenvalue weighted by Gasteiger charge is -2.10. The molecule has 0 saturated carbocycles. The van der Waals surface area contributed by atoms with Gasteiger partial charge in [-0.2, -0.15) is 0 Å². The molecule has 0 aliphatic heterocycles. The molecule has 0 spiro atoms. The highest BCUT2D eigenvalue weighted by Gasteiger charge is 2.08. The van der Waals surface area contributed by atoms with Gasteiger partial charge < -0.3 is 10.2 Å². The topological polar surface area (TPSA) is 74.6 Å². The second-order valence-corrected chi connectivity index (χ2v) is 5.93. The van der Waals surface area contributed by atoms with E-state index in [1.807, 2.05) is 18.2 Å². The summed E-state index contributed by atoms with van der Waals surface area (Å²) in [7, 11) is 0. The monoisotopic (exact) mass is 345 g/mol. The number of aromatic carboxylic acids is 2. The molecule has 0 amide bonds. The normalized spacial score (nSPS) is 10.5. The van der Waals surface area contributed by atoms with Gasteiger partial charge >= 0.3 is 11.9 Å². The van der Waals surface area contributed by atoms with Crippen molar-refractivity contribution in [1.29, 1.82) is 0 Å². The minimum absolute atomic E-state index is 0.242. The Morgan fingerprint density at radius 1 is 0.654 bits per heavy atom. The minimum Gasteiger partial charge on any atom is -0.478 e. The Hall–Kier alpha value is -3.40. The van der Waals surface area contributed by atoms with Gasteiger partial charge in [0.15, 0.2) is 0 Å². The molecule has 0 aliphatic carbocycles. The standard InChI is InChI=1S/C22H17O4/c1-2-14-11-19(15-3-7-17(8-4-15)21(23)24)13-20(12-14)16-5-9-18(10-6-16)22(25)26/h3-13H,1-2H2,(H,23,24)(H,25,26). The predicted molar refractivity (Wildman–Crippen MR) is 100 cm³/mol. The zero-order valence-electron chi connectivity index (χ0n) is 14.0. The first-order valence-electron chi connectivity index (χ1n) is 8.08. The van der Waals surface area contributed by atoms with Crippen molar-refractivity contribution in [3.63, 3.8) is 0 Å². The van der Waals surface area contributed by atoms with Crippen molar-refractivity contribution in [1.82, 2.24) is 0 Å². The quantitative estimate of drug-likeness (QED) is 0.697. The Morgan fingerprint density at radius 3 is 1.35 bits per heavy atom. The van der Waals surface area contributed by atoms with Crippen LogP contribution in [-0.2, 0) is 6.42 Å². The van der Waals surface area contributed by atoms with Gasteiger partial charge in [0, 0.05) is 0 Å². The number of benzene rings is 3. The molecular formula is C22H17O4. The van der Waals surface area contributed by atoms with Crippen LogP contribution in [0.4, 0.5) is 0 Å². The highest BCUT2D eigenvalue weighted by Crippen LogP contribution is 2.29. The summed E-state index contributed by atoms with van der Waals surface area (Å²) in [4.78, 5) is 22.0. The van der Waals surface area contributed by atoms with Crippen molar-refractivity contribution in [3.05, 3.63) is 90.3 Å². The van der Waals surface area contributed by atoms with E-state index in [4.69, 9.17) is 10.2 Å². The summed E-state index contributed by atoms with van der Waals surface area (Å²) in [6.07, 6.45) is 0.612. The fourth-order valence-corrected chi connectivity index (χ4v) is 2.78. The Labute approximate surface area is 151 Å². The van der Waals surface area contributed by atoms with E-state index in [0.29, 0.717) is 6.42 Å². The lowest BCUT2D eigenvalue weighted by Crippen LogP contribution is -1.96. The van der Waals surface area contributed by atoms with Gasteiger partial charge in [0.1, 0.15) is 0 Å². The van der Waals surface area contributed by atoms with Crippen LogP contribution in [0.3, 0.4) is 0 Å². The summed E-state index contributed by atoms with van der Waals surface area (Å²) >= 11 is 0. The smallest absolute Gasteiger partial charge is 0.335 e. The second kappa shape index (κ2) is 7.23. The molecule has 0 bridgehead atoms. The van der Waals surface area contributed by atoms with Crippen molar-refractivity contribution >= 4 is 11.9 Å². The van der Waals surface area contributed by atoms with Crippen molar-refractivity contribution in [2.45, 2.75) is 6.42 Å².